The number of fused-ring (bicyclic) bond motifs is 7. The molecule has 3 aliphatic rings. The molecule has 6 rings (SSSR count). The molecule has 3 aliphatic heterocycles. The lowest BCUT2D eigenvalue weighted by atomic mass is 10.1. The van der Waals surface area contributed by atoms with Gasteiger partial charge in [0.1, 0.15) is 29.4 Å². The molecule has 3 aromatic heterocycles. The van der Waals surface area contributed by atoms with Gasteiger partial charge in [-0.15, -0.1) is 0 Å². The summed E-state index contributed by atoms with van der Waals surface area (Å²) in [5, 5.41) is 7.20. The highest BCUT2D eigenvalue weighted by Crippen LogP contribution is 2.32. The summed E-state index contributed by atoms with van der Waals surface area (Å²) >= 11 is 0. The normalized spacial score (nSPS) is 25.5. The maximum atomic E-state index is 14.1. The fourth-order valence-corrected chi connectivity index (χ4v) is 4.19. The van der Waals surface area contributed by atoms with Gasteiger partial charge in [-0.3, -0.25) is 4.79 Å². The number of amides is 1. The molecule has 0 radical (unpaired) electrons. The summed E-state index contributed by atoms with van der Waals surface area (Å²) in [6.45, 7) is 2.03. The lowest BCUT2D eigenvalue weighted by Crippen LogP contribution is -2.45. The van der Waals surface area contributed by atoms with Gasteiger partial charge in [0.05, 0.1) is 44.8 Å². The predicted molar refractivity (Wildman–Crippen MR) is 105 cm³/mol. The number of halogens is 1. The van der Waals surface area contributed by atoms with Crippen molar-refractivity contribution in [2.24, 2.45) is 0 Å². The number of rotatable bonds is 0. The number of aromatic nitrogens is 4. The van der Waals surface area contributed by atoms with E-state index < -0.39 is 24.1 Å². The topological polar surface area (TPSA) is 103 Å². The first-order chi connectivity index (χ1) is 15.2. The Morgan fingerprint density at radius 2 is 2.19 bits per heavy atom. The van der Waals surface area contributed by atoms with Crippen LogP contribution >= 0.6 is 0 Å². The van der Waals surface area contributed by atoms with E-state index >= 15 is 0 Å². The third-order valence-corrected chi connectivity index (χ3v) is 5.79. The van der Waals surface area contributed by atoms with Crippen molar-refractivity contribution >= 4 is 17.4 Å². The maximum Gasteiger partial charge on any atom is 0.257 e. The molecule has 10 nitrogen and oxygen atoms in total. The lowest BCUT2D eigenvalue weighted by molar-refractivity contribution is 0.0349. The van der Waals surface area contributed by atoms with Gasteiger partial charge in [0, 0.05) is 18.3 Å². The highest BCUT2D eigenvalue weighted by Gasteiger charge is 2.35. The van der Waals surface area contributed by atoms with E-state index in [0.29, 0.717) is 48.9 Å². The molecule has 160 valence electrons. The van der Waals surface area contributed by atoms with Crippen LogP contribution in [0.2, 0.25) is 0 Å². The van der Waals surface area contributed by atoms with E-state index in [0.717, 1.165) is 6.20 Å². The van der Waals surface area contributed by atoms with E-state index in [2.05, 4.69) is 15.4 Å². The number of hydrogen-bond acceptors (Lipinski definition) is 8. The zero-order valence-corrected chi connectivity index (χ0v) is 16.4. The molecule has 1 amide bonds. The molecule has 0 aliphatic carbocycles. The Morgan fingerprint density at radius 3 is 3.13 bits per heavy atom. The Hall–Kier alpha value is -3.31. The standard InChI is InChI=1S/C20H19FN6O4/c21-11-5-12-15-8-26(3-4-30-15)17-1-2-27-18(25-17)13(7-23-27)19(28)24-14-9-29-10-16(14)31-20(12)22-6-11/h1-2,5-7,14-16H,3-4,8-10H2,(H,24,28)/t14-,15?,16?/m1/s1. The first-order valence-corrected chi connectivity index (χ1v) is 10.1. The van der Waals surface area contributed by atoms with Crippen LogP contribution in [-0.4, -0.2) is 70.5 Å². The number of carbonyl (C=O) groups excluding carboxylic acids is 1. The second-order valence-electron chi connectivity index (χ2n) is 7.74. The SMILES string of the molecule is O=C1N[C@@H]2COCC2Oc2ncc(F)cc2C2CN(CCO2)c2ccn3ncc1c3n2. The molecule has 2 fully saturated rings. The third kappa shape index (κ3) is 3.17. The lowest BCUT2D eigenvalue weighted by Gasteiger charge is -2.34. The Labute approximate surface area is 175 Å². The van der Waals surface area contributed by atoms with Gasteiger partial charge in [0.15, 0.2) is 5.65 Å². The molecule has 3 aromatic rings. The summed E-state index contributed by atoms with van der Waals surface area (Å²) in [6.07, 6.45) is 3.45. The fraction of sp³-hybridized carbons (Fsp3) is 0.400. The first kappa shape index (κ1) is 18.5. The number of ether oxygens (including phenoxy) is 3. The van der Waals surface area contributed by atoms with Gasteiger partial charge in [-0.2, -0.15) is 5.10 Å². The van der Waals surface area contributed by atoms with Crippen molar-refractivity contribution in [3.05, 3.63) is 47.7 Å². The Bertz CT molecular complexity index is 1170. The van der Waals surface area contributed by atoms with Gasteiger partial charge < -0.3 is 24.4 Å². The van der Waals surface area contributed by atoms with Crippen LogP contribution in [0.1, 0.15) is 22.0 Å². The summed E-state index contributed by atoms with van der Waals surface area (Å²) in [7, 11) is 0. The van der Waals surface area contributed by atoms with Crippen LogP contribution in [0.3, 0.4) is 0 Å². The van der Waals surface area contributed by atoms with Gasteiger partial charge in [-0.25, -0.2) is 18.9 Å². The second-order valence-corrected chi connectivity index (χ2v) is 7.74. The average Bonchev–Trinajstić information content (AvgIpc) is 3.40. The largest absolute Gasteiger partial charge is 0.469 e. The zero-order valence-electron chi connectivity index (χ0n) is 16.4. The molecule has 0 aromatic carbocycles. The van der Waals surface area contributed by atoms with E-state index in [1.54, 1.807) is 10.7 Å². The summed E-state index contributed by atoms with van der Waals surface area (Å²) in [5.74, 6) is 0.170. The molecular weight excluding hydrogens is 407 g/mol. The minimum Gasteiger partial charge on any atom is -0.469 e. The van der Waals surface area contributed by atoms with E-state index in [1.807, 2.05) is 11.0 Å². The zero-order chi connectivity index (χ0) is 20.9. The quantitative estimate of drug-likeness (QED) is 0.561. The van der Waals surface area contributed by atoms with E-state index in [-0.39, 0.29) is 18.4 Å². The summed E-state index contributed by atoms with van der Waals surface area (Å²) in [6, 6.07) is 2.81. The Balaban J connectivity index is 1.49. The highest BCUT2D eigenvalue weighted by atomic mass is 19.1. The monoisotopic (exact) mass is 426 g/mol. The molecule has 0 spiro atoms. The van der Waals surface area contributed by atoms with Crippen LogP contribution in [0, 0.1) is 5.82 Å². The van der Waals surface area contributed by atoms with Crippen molar-refractivity contribution in [3.63, 3.8) is 0 Å². The van der Waals surface area contributed by atoms with Crippen molar-refractivity contribution < 1.29 is 23.4 Å². The number of morpholine rings is 1. The molecule has 4 bridgehead atoms. The molecule has 0 saturated carbocycles. The van der Waals surface area contributed by atoms with E-state index in [1.165, 1.54) is 12.3 Å². The van der Waals surface area contributed by atoms with Crippen molar-refractivity contribution in [2.45, 2.75) is 18.2 Å². The van der Waals surface area contributed by atoms with Gasteiger partial charge in [-0.05, 0) is 12.1 Å². The van der Waals surface area contributed by atoms with E-state index in [4.69, 9.17) is 19.2 Å². The third-order valence-electron chi connectivity index (χ3n) is 5.79. The molecule has 6 heterocycles. The number of nitrogens with one attached hydrogen (secondary N) is 1. The number of hydrogen-bond donors (Lipinski definition) is 1. The van der Waals surface area contributed by atoms with Crippen molar-refractivity contribution in [3.8, 4) is 5.88 Å². The number of nitrogens with zero attached hydrogens (tertiary/aromatic N) is 5. The first-order valence-electron chi connectivity index (χ1n) is 10.1. The number of pyridine rings is 1. The Morgan fingerprint density at radius 1 is 1.26 bits per heavy atom. The molecular formula is C20H19FN6O4. The predicted octanol–water partition coefficient (Wildman–Crippen LogP) is 0.731. The summed E-state index contributed by atoms with van der Waals surface area (Å²) < 4.78 is 33.3. The van der Waals surface area contributed by atoms with Crippen LogP contribution in [0.25, 0.3) is 5.65 Å². The van der Waals surface area contributed by atoms with Crippen molar-refractivity contribution in [1.82, 2.24) is 24.9 Å². The fourth-order valence-electron chi connectivity index (χ4n) is 4.19. The second kappa shape index (κ2) is 7.13. The summed E-state index contributed by atoms with van der Waals surface area (Å²) in [5.41, 5.74) is 1.35. The minimum absolute atomic E-state index is 0.273. The van der Waals surface area contributed by atoms with Crippen LogP contribution in [-0.2, 0) is 9.47 Å². The average molecular weight is 426 g/mol. The molecule has 1 N–H and O–H groups in total. The minimum atomic E-state index is -0.478. The summed E-state index contributed by atoms with van der Waals surface area (Å²) in [4.78, 5) is 23.9. The van der Waals surface area contributed by atoms with Gasteiger partial charge in [0.2, 0.25) is 5.88 Å². The van der Waals surface area contributed by atoms with Crippen LogP contribution in [0.5, 0.6) is 5.88 Å². The van der Waals surface area contributed by atoms with Crippen LogP contribution in [0.4, 0.5) is 10.2 Å². The van der Waals surface area contributed by atoms with Crippen LogP contribution < -0.4 is 15.0 Å². The molecule has 3 atom stereocenters. The number of carbonyl (C=O) groups is 1. The molecule has 2 unspecified atom stereocenters. The van der Waals surface area contributed by atoms with E-state index in [9.17, 15) is 9.18 Å². The molecule has 11 heteroatoms. The Kier molecular flexibility index (Phi) is 4.25. The van der Waals surface area contributed by atoms with Crippen molar-refractivity contribution in [1.29, 1.82) is 0 Å². The maximum absolute atomic E-state index is 14.1. The van der Waals surface area contributed by atoms with Gasteiger partial charge >= 0.3 is 0 Å². The van der Waals surface area contributed by atoms with Gasteiger partial charge in [0.25, 0.3) is 5.91 Å². The smallest absolute Gasteiger partial charge is 0.257 e. The van der Waals surface area contributed by atoms with Crippen LogP contribution in [0.15, 0.2) is 30.7 Å². The molecule has 2 saturated heterocycles. The van der Waals surface area contributed by atoms with Gasteiger partial charge in [-0.1, -0.05) is 0 Å². The highest BCUT2D eigenvalue weighted by molar-refractivity contribution is 6.00. The molecule has 31 heavy (non-hydrogen) atoms. The van der Waals surface area contributed by atoms with Crippen molar-refractivity contribution in [2.75, 3.05) is 37.8 Å². The number of anilines is 1.